The molecular formula is C11H11F3N2O3. The summed E-state index contributed by atoms with van der Waals surface area (Å²) < 4.78 is 39.0. The van der Waals surface area contributed by atoms with Crippen LogP contribution >= 0.6 is 0 Å². The van der Waals surface area contributed by atoms with Crippen LogP contribution in [0, 0.1) is 17.5 Å². The van der Waals surface area contributed by atoms with Crippen LogP contribution in [0.4, 0.5) is 23.7 Å². The summed E-state index contributed by atoms with van der Waals surface area (Å²) in [5.74, 6) is -4.96. The van der Waals surface area contributed by atoms with Crippen LogP contribution in [-0.4, -0.2) is 35.6 Å². The molecule has 1 aromatic carbocycles. The fourth-order valence-electron chi connectivity index (χ4n) is 1.22. The zero-order valence-corrected chi connectivity index (χ0v) is 9.91. The van der Waals surface area contributed by atoms with Crippen molar-refractivity contribution in [2.45, 2.75) is 6.42 Å². The Morgan fingerprint density at radius 1 is 1.32 bits per heavy atom. The van der Waals surface area contributed by atoms with Crippen LogP contribution in [0.15, 0.2) is 12.1 Å². The fraction of sp³-hybridized carbons (Fsp3) is 0.273. The molecule has 0 bridgehead atoms. The van der Waals surface area contributed by atoms with Gasteiger partial charge in [0.15, 0.2) is 11.6 Å². The van der Waals surface area contributed by atoms with Crippen molar-refractivity contribution in [3.8, 4) is 0 Å². The lowest BCUT2D eigenvalue weighted by atomic mass is 10.3. The van der Waals surface area contributed by atoms with Crippen molar-refractivity contribution in [1.82, 2.24) is 4.90 Å². The van der Waals surface area contributed by atoms with E-state index in [2.05, 4.69) is 0 Å². The number of nitrogens with one attached hydrogen (secondary N) is 1. The second-order valence-electron chi connectivity index (χ2n) is 3.74. The monoisotopic (exact) mass is 276 g/mol. The molecule has 0 atom stereocenters. The van der Waals surface area contributed by atoms with Gasteiger partial charge in [0, 0.05) is 25.7 Å². The first-order valence-corrected chi connectivity index (χ1v) is 5.19. The van der Waals surface area contributed by atoms with Crippen LogP contribution in [0.1, 0.15) is 6.42 Å². The van der Waals surface area contributed by atoms with Gasteiger partial charge in [-0.3, -0.25) is 4.79 Å². The van der Waals surface area contributed by atoms with Crippen LogP contribution in [-0.2, 0) is 4.79 Å². The summed E-state index contributed by atoms with van der Waals surface area (Å²) in [6.45, 7) is -0.124. The highest BCUT2D eigenvalue weighted by Crippen LogP contribution is 2.19. The first-order chi connectivity index (χ1) is 8.81. The van der Waals surface area contributed by atoms with E-state index in [-0.39, 0.29) is 13.0 Å². The van der Waals surface area contributed by atoms with Gasteiger partial charge in [-0.1, -0.05) is 0 Å². The van der Waals surface area contributed by atoms with Crippen LogP contribution in [0.3, 0.4) is 0 Å². The maximum Gasteiger partial charge on any atom is 0.321 e. The molecular weight excluding hydrogens is 265 g/mol. The molecule has 0 aliphatic heterocycles. The first-order valence-electron chi connectivity index (χ1n) is 5.19. The van der Waals surface area contributed by atoms with E-state index in [1.165, 1.54) is 7.05 Å². The molecule has 1 aromatic rings. The van der Waals surface area contributed by atoms with Gasteiger partial charge < -0.3 is 15.3 Å². The van der Waals surface area contributed by atoms with Crippen molar-refractivity contribution in [2.24, 2.45) is 0 Å². The highest BCUT2D eigenvalue weighted by molar-refractivity contribution is 5.89. The number of carbonyl (C=O) groups is 2. The highest BCUT2D eigenvalue weighted by atomic mass is 19.2. The number of carboxylic acids is 1. The maximum absolute atomic E-state index is 13.3. The largest absolute Gasteiger partial charge is 0.481 e. The standard InChI is InChI=1S/C11H11F3N2O3/c1-16(3-2-9(17)18)11(19)15-8-5-6(12)4-7(13)10(8)14/h4-5H,2-3H2,1H3,(H,15,19)(H,17,18). The molecule has 0 fully saturated rings. The topological polar surface area (TPSA) is 69.6 Å². The number of benzene rings is 1. The number of anilines is 1. The predicted octanol–water partition coefficient (Wildman–Crippen LogP) is 2.04. The molecule has 0 saturated heterocycles. The van der Waals surface area contributed by atoms with E-state index in [4.69, 9.17) is 5.11 Å². The second kappa shape index (κ2) is 6.07. The zero-order chi connectivity index (χ0) is 14.6. The van der Waals surface area contributed by atoms with E-state index in [9.17, 15) is 22.8 Å². The van der Waals surface area contributed by atoms with Gasteiger partial charge in [-0.25, -0.2) is 18.0 Å². The van der Waals surface area contributed by atoms with Gasteiger partial charge in [-0.2, -0.15) is 0 Å². The molecule has 0 aliphatic carbocycles. The van der Waals surface area contributed by atoms with Gasteiger partial charge in [0.25, 0.3) is 0 Å². The summed E-state index contributed by atoms with van der Waals surface area (Å²) in [7, 11) is 1.27. The van der Waals surface area contributed by atoms with Gasteiger partial charge >= 0.3 is 12.0 Å². The average Bonchev–Trinajstić information content (AvgIpc) is 2.32. The van der Waals surface area contributed by atoms with E-state index < -0.39 is 35.1 Å². The fourth-order valence-corrected chi connectivity index (χ4v) is 1.22. The van der Waals surface area contributed by atoms with Crippen LogP contribution in [0.2, 0.25) is 0 Å². The third-order valence-electron chi connectivity index (χ3n) is 2.24. The number of aliphatic carboxylic acids is 1. The Labute approximate surface area is 106 Å². The Morgan fingerprint density at radius 2 is 1.95 bits per heavy atom. The van der Waals surface area contributed by atoms with E-state index >= 15 is 0 Å². The number of carbonyl (C=O) groups excluding carboxylic acids is 1. The number of amides is 2. The molecule has 2 N–H and O–H groups in total. The minimum absolute atomic E-state index is 0.124. The molecule has 19 heavy (non-hydrogen) atoms. The van der Waals surface area contributed by atoms with Gasteiger partial charge in [0.2, 0.25) is 0 Å². The molecule has 0 saturated carbocycles. The van der Waals surface area contributed by atoms with E-state index in [0.717, 1.165) is 4.90 Å². The molecule has 2 amide bonds. The molecule has 0 aliphatic rings. The molecule has 0 radical (unpaired) electrons. The summed E-state index contributed by atoms with van der Waals surface area (Å²) in [4.78, 5) is 22.8. The normalized spacial score (nSPS) is 10.1. The van der Waals surface area contributed by atoms with E-state index in [0.29, 0.717) is 12.1 Å². The Balaban J connectivity index is 2.74. The van der Waals surface area contributed by atoms with Crippen molar-refractivity contribution in [3.05, 3.63) is 29.6 Å². The highest BCUT2D eigenvalue weighted by Gasteiger charge is 2.16. The van der Waals surface area contributed by atoms with Crippen molar-refractivity contribution in [1.29, 1.82) is 0 Å². The lowest BCUT2D eigenvalue weighted by molar-refractivity contribution is -0.137. The molecule has 8 heteroatoms. The van der Waals surface area contributed by atoms with Gasteiger partial charge in [0.05, 0.1) is 12.1 Å². The van der Waals surface area contributed by atoms with Crippen molar-refractivity contribution < 1.29 is 27.9 Å². The smallest absolute Gasteiger partial charge is 0.321 e. The predicted molar refractivity (Wildman–Crippen MR) is 60.2 cm³/mol. The molecule has 0 aromatic heterocycles. The average molecular weight is 276 g/mol. The number of urea groups is 1. The minimum atomic E-state index is -1.43. The molecule has 0 heterocycles. The van der Waals surface area contributed by atoms with Gasteiger partial charge in [0.1, 0.15) is 5.82 Å². The summed E-state index contributed by atoms with van der Waals surface area (Å²) in [6, 6.07) is 0.102. The maximum atomic E-state index is 13.3. The number of hydrogen-bond acceptors (Lipinski definition) is 2. The lowest BCUT2D eigenvalue weighted by Gasteiger charge is -2.17. The number of halogens is 3. The summed E-state index contributed by atoms with van der Waals surface area (Å²) in [6.07, 6.45) is -0.302. The molecule has 5 nitrogen and oxygen atoms in total. The van der Waals surface area contributed by atoms with E-state index in [1.807, 2.05) is 5.32 Å². The lowest BCUT2D eigenvalue weighted by Crippen LogP contribution is -2.33. The number of hydrogen-bond donors (Lipinski definition) is 2. The quantitative estimate of drug-likeness (QED) is 0.827. The summed E-state index contributed by atoms with van der Waals surface area (Å²) >= 11 is 0. The van der Waals surface area contributed by atoms with Gasteiger partial charge in [-0.05, 0) is 0 Å². The first kappa shape index (κ1) is 14.8. The SMILES string of the molecule is CN(CCC(=O)O)C(=O)Nc1cc(F)cc(F)c1F. The molecule has 0 unspecified atom stereocenters. The van der Waals surface area contributed by atoms with Crippen LogP contribution < -0.4 is 5.32 Å². The van der Waals surface area contributed by atoms with Crippen molar-refractivity contribution >= 4 is 17.7 Å². The van der Waals surface area contributed by atoms with Crippen LogP contribution in [0.25, 0.3) is 0 Å². The van der Waals surface area contributed by atoms with Crippen molar-refractivity contribution in [3.63, 3.8) is 0 Å². The Hall–Kier alpha value is -2.25. The minimum Gasteiger partial charge on any atom is -0.481 e. The number of rotatable bonds is 4. The molecule has 1 rings (SSSR count). The Kier molecular flexibility index (Phi) is 4.74. The number of nitrogens with zero attached hydrogens (tertiary/aromatic N) is 1. The van der Waals surface area contributed by atoms with Gasteiger partial charge in [-0.15, -0.1) is 0 Å². The Morgan fingerprint density at radius 3 is 2.53 bits per heavy atom. The number of carboxylic acid groups (broad SMARTS) is 1. The zero-order valence-electron chi connectivity index (χ0n) is 9.91. The third-order valence-corrected chi connectivity index (χ3v) is 2.24. The molecule has 0 spiro atoms. The second-order valence-corrected chi connectivity index (χ2v) is 3.74. The van der Waals surface area contributed by atoms with Crippen LogP contribution in [0.5, 0.6) is 0 Å². The van der Waals surface area contributed by atoms with Crippen molar-refractivity contribution in [2.75, 3.05) is 18.9 Å². The Bertz CT molecular complexity index is 508. The van der Waals surface area contributed by atoms with E-state index in [1.54, 1.807) is 0 Å². The summed E-state index contributed by atoms with van der Waals surface area (Å²) in [5.41, 5.74) is -0.648. The third kappa shape index (κ3) is 4.16. The molecule has 104 valence electrons. The summed E-state index contributed by atoms with van der Waals surface area (Å²) in [5, 5.41) is 10.4.